The molecule has 0 aromatic heterocycles. The van der Waals surface area contributed by atoms with Crippen molar-refractivity contribution in [2.24, 2.45) is 0 Å². The molecule has 2 rings (SSSR count). The Morgan fingerprint density at radius 1 is 1.37 bits per heavy atom. The van der Waals surface area contributed by atoms with E-state index in [-0.39, 0.29) is 16.5 Å². The molecular formula is C13H17NO4S. The van der Waals surface area contributed by atoms with Crippen molar-refractivity contribution in [3.8, 4) is 0 Å². The summed E-state index contributed by atoms with van der Waals surface area (Å²) in [5.41, 5.74) is 0.323. The van der Waals surface area contributed by atoms with E-state index in [4.69, 9.17) is 5.11 Å². The fourth-order valence-corrected chi connectivity index (χ4v) is 3.89. The van der Waals surface area contributed by atoms with E-state index in [1.807, 2.05) is 0 Å². The Morgan fingerprint density at radius 2 is 2.00 bits per heavy atom. The molecule has 1 aliphatic carbocycles. The number of rotatable bonds is 4. The first kappa shape index (κ1) is 14.0. The molecule has 0 spiro atoms. The van der Waals surface area contributed by atoms with Crippen molar-refractivity contribution < 1.29 is 18.3 Å². The van der Waals surface area contributed by atoms with E-state index in [2.05, 4.69) is 0 Å². The van der Waals surface area contributed by atoms with Crippen molar-refractivity contribution >= 4 is 16.0 Å². The number of carboxylic acids is 1. The zero-order chi connectivity index (χ0) is 14.2. The highest BCUT2D eigenvalue weighted by Gasteiger charge is 2.33. The summed E-state index contributed by atoms with van der Waals surface area (Å²) in [5, 5.41) is 9.05. The maximum atomic E-state index is 12.5. The second kappa shape index (κ2) is 4.94. The molecule has 0 aliphatic heterocycles. The van der Waals surface area contributed by atoms with Crippen LogP contribution in [0.2, 0.25) is 0 Å². The van der Waals surface area contributed by atoms with Crippen LogP contribution >= 0.6 is 0 Å². The van der Waals surface area contributed by atoms with Crippen LogP contribution in [0.25, 0.3) is 0 Å². The highest BCUT2D eigenvalue weighted by molar-refractivity contribution is 7.89. The molecule has 5 nitrogen and oxygen atoms in total. The first-order valence-corrected chi connectivity index (χ1v) is 7.60. The summed E-state index contributed by atoms with van der Waals surface area (Å²) < 4.78 is 26.4. The Kier molecular flexibility index (Phi) is 3.64. The summed E-state index contributed by atoms with van der Waals surface area (Å²) >= 11 is 0. The van der Waals surface area contributed by atoms with Gasteiger partial charge in [-0.05, 0) is 37.5 Å². The number of benzene rings is 1. The van der Waals surface area contributed by atoms with E-state index in [1.165, 1.54) is 29.4 Å². The molecule has 1 aromatic carbocycles. The molecule has 0 atom stereocenters. The molecule has 19 heavy (non-hydrogen) atoms. The van der Waals surface area contributed by atoms with Crippen LogP contribution in [0.3, 0.4) is 0 Å². The van der Waals surface area contributed by atoms with Crippen molar-refractivity contribution in [2.45, 2.75) is 37.1 Å². The first-order chi connectivity index (χ1) is 8.85. The fraction of sp³-hybridized carbons (Fsp3) is 0.462. The predicted octanol–water partition coefficient (Wildman–Crippen LogP) is 1.87. The van der Waals surface area contributed by atoms with Crippen LogP contribution in [0.15, 0.2) is 23.1 Å². The number of carbonyl (C=O) groups is 1. The van der Waals surface area contributed by atoms with Gasteiger partial charge in [0.05, 0.1) is 10.5 Å². The maximum Gasteiger partial charge on any atom is 0.335 e. The number of aromatic carboxylic acids is 1. The SMILES string of the molecule is Cc1c(C(=O)O)cccc1S(=O)(=O)N(C)C1CCC1. The number of nitrogens with zero attached hydrogens (tertiary/aromatic N) is 1. The average molecular weight is 283 g/mol. The van der Waals surface area contributed by atoms with Crippen LogP contribution < -0.4 is 0 Å². The Hall–Kier alpha value is -1.40. The molecule has 0 unspecified atom stereocenters. The lowest BCUT2D eigenvalue weighted by molar-refractivity contribution is 0.0696. The summed E-state index contributed by atoms with van der Waals surface area (Å²) in [7, 11) is -2.05. The Morgan fingerprint density at radius 3 is 2.47 bits per heavy atom. The van der Waals surface area contributed by atoms with Crippen molar-refractivity contribution in [1.82, 2.24) is 4.31 Å². The minimum Gasteiger partial charge on any atom is -0.478 e. The Bertz CT molecular complexity index is 605. The van der Waals surface area contributed by atoms with E-state index in [0.717, 1.165) is 19.3 Å². The Balaban J connectivity index is 2.46. The molecule has 0 saturated heterocycles. The van der Waals surface area contributed by atoms with Gasteiger partial charge in [0.1, 0.15) is 0 Å². The highest BCUT2D eigenvalue weighted by Crippen LogP contribution is 2.30. The van der Waals surface area contributed by atoms with Gasteiger partial charge in [-0.25, -0.2) is 13.2 Å². The smallest absolute Gasteiger partial charge is 0.335 e. The van der Waals surface area contributed by atoms with E-state index < -0.39 is 16.0 Å². The molecule has 1 N–H and O–H groups in total. The molecule has 0 bridgehead atoms. The monoisotopic (exact) mass is 283 g/mol. The topological polar surface area (TPSA) is 74.7 Å². The highest BCUT2D eigenvalue weighted by atomic mass is 32.2. The summed E-state index contributed by atoms with van der Waals surface area (Å²) in [6.45, 7) is 1.53. The second-order valence-corrected chi connectivity index (χ2v) is 6.81. The van der Waals surface area contributed by atoms with Gasteiger partial charge >= 0.3 is 5.97 Å². The van der Waals surface area contributed by atoms with Crippen LogP contribution in [0.5, 0.6) is 0 Å². The van der Waals surface area contributed by atoms with Crippen LogP contribution in [-0.2, 0) is 10.0 Å². The van der Waals surface area contributed by atoms with Crippen LogP contribution in [-0.4, -0.2) is 36.9 Å². The first-order valence-electron chi connectivity index (χ1n) is 6.16. The van der Waals surface area contributed by atoms with E-state index in [0.29, 0.717) is 5.56 Å². The third-order valence-electron chi connectivity index (χ3n) is 3.76. The maximum absolute atomic E-state index is 12.5. The van der Waals surface area contributed by atoms with E-state index in [1.54, 1.807) is 7.05 Å². The van der Waals surface area contributed by atoms with Crippen LogP contribution in [0, 0.1) is 6.92 Å². The lowest BCUT2D eigenvalue weighted by atomic mass is 9.94. The summed E-state index contributed by atoms with van der Waals surface area (Å²) in [6, 6.07) is 4.39. The fourth-order valence-electron chi connectivity index (χ4n) is 2.23. The molecule has 0 radical (unpaired) electrons. The number of carboxylic acid groups (broad SMARTS) is 1. The molecular weight excluding hydrogens is 266 g/mol. The van der Waals surface area contributed by atoms with Crippen LogP contribution in [0.4, 0.5) is 0 Å². The Labute approximate surface area is 112 Å². The summed E-state index contributed by atoms with van der Waals surface area (Å²) in [5.74, 6) is -1.11. The van der Waals surface area contributed by atoms with Gasteiger partial charge in [-0.3, -0.25) is 0 Å². The normalized spacial score (nSPS) is 16.4. The molecule has 6 heteroatoms. The lowest BCUT2D eigenvalue weighted by Gasteiger charge is -2.34. The van der Waals surface area contributed by atoms with Crippen molar-refractivity contribution in [1.29, 1.82) is 0 Å². The lowest BCUT2D eigenvalue weighted by Crippen LogP contribution is -2.41. The van der Waals surface area contributed by atoms with Gasteiger partial charge < -0.3 is 5.11 Å². The molecule has 1 aromatic rings. The van der Waals surface area contributed by atoms with Crippen molar-refractivity contribution in [3.63, 3.8) is 0 Å². The van der Waals surface area contributed by atoms with Crippen molar-refractivity contribution in [3.05, 3.63) is 29.3 Å². The van der Waals surface area contributed by atoms with Crippen LogP contribution in [0.1, 0.15) is 35.2 Å². The number of hydrogen-bond donors (Lipinski definition) is 1. The molecule has 1 saturated carbocycles. The molecule has 1 fully saturated rings. The standard InChI is InChI=1S/C13H17NO4S/c1-9-11(13(15)16)7-4-8-12(9)19(17,18)14(2)10-5-3-6-10/h4,7-8,10H,3,5-6H2,1-2H3,(H,15,16). The molecule has 1 aliphatic rings. The van der Waals surface area contributed by atoms with Gasteiger partial charge in [-0.2, -0.15) is 4.31 Å². The van der Waals surface area contributed by atoms with Gasteiger partial charge in [-0.1, -0.05) is 12.5 Å². The third-order valence-corrected chi connectivity index (χ3v) is 5.81. The third kappa shape index (κ3) is 2.37. The molecule has 0 amide bonds. The minimum atomic E-state index is -3.62. The number of hydrogen-bond acceptors (Lipinski definition) is 3. The average Bonchev–Trinajstić information content (AvgIpc) is 2.26. The summed E-state index contributed by atoms with van der Waals surface area (Å²) in [4.78, 5) is 11.1. The summed E-state index contributed by atoms with van der Waals surface area (Å²) in [6.07, 6.45) is 2.78. The van der Waals surface area contributed by atoms with Gasteiger partial charge in [0.25, 0.3) is 0 Å². The quantitative estimate of drug-likeness (QED) is 0.915. The van der Waals surface area contributed by atoms with Crippen molar-refractivity contribution in [2.75, 3.05) is 7.05 Å². The van der Waals surface area contributed by atoms with Gasteiger partial charge in [-0.15, -0.1) is 0 Å². The van der Waals surface area contributed by atoms with E-state index in [9.17, 15) is 13.2 Å². The molecule has 0 heterocycles. The van der Waals surface area contributed by atoms with Gasteiger partial charge in [0.15, 0.2) is 0 Å². The van der Waals surface area contributed by atoms with Gasteiger partial charge in [0.2, 0.25) is 10.0 Å². The molecule has 104 valence electrons. The van der Waals surface area contributed by atoms with Gasteiger partial charge in [0, 0.05) is 13.1 Å². The second-order valence-electron chi connectivity index (χ2n) is 4.84. The zero-order valence-corrected chi connectivity index (χ0v) is 11.8. The number of sulfonamides is 1. The minimum absolute atomic E-state index is 0.0306. The zero-order valence-electron chi connectivity index (χ0n) is 11.0. The predicted molar refractivity (Wildman–Crippen MR) is 70.7 cm³/mol. The largest absolute Gasteiger partial charge is 0.478 e. The van der Waals surface area contributed by atoms with E-state index >= 15 is 0 Å².